The van der Waals surface area contributed by atoms with Gasteiger partial charge >= 0.3 is 0 Å². The van der Waals surface area contributed by atoms with E-state index in [-0.39, 0.29) is 0 Å². The van der Waals surface area contributed by atoms with Gasteiger partial charge in [-0.25, -0.2) is 4.98 Å². The zero-order valence-corrected chi connectivity index (χ0v) is 9.53. The third-order valence-corrected chi connectivity index (χ3v) is 2.78. The number of nitrogens with zero attached hydrogens (tertiary/aromatic N) is 2. The standard InChI is InChI=1S/C12H19N3/c1-3-6-11-14-10-7-5-8-13-12(10)15(11)9-4-2/h5,7-8,11,14H,3-4,6,9H2,1-2H3. The fourth-order valence-corrected chi connectivity index (χ4v) is 2.15. The third-order valence-electron chi connectivity index (χ3n) is 2.78. The molecule has 0 amide bonds. The van der Waals surface area contributed by atoms with Crippen LogP contribution in [0.4, 0.5) is 11.5 Å². The molecule has 0 aliphatic carbocycles. The van der Waals surface area contributed by atoms with Crippen molar-refractivity contribution in [1.82, 2.24) is 4.98 Å². The second-order valence-electron chi connectivity index (χ2n) is 4.02. The molecule has 3 nitrogen and oxygen atoms in total. The molecule has 2 heterocycles. The van der Waals surface area contributed by atoms with Crippen LogP contribution in [0.1, 0.15) is 33.1 Å². The zero-order valence-electron chi connectivity index (χ0n) is 9.53. The second-order valence-corrected chi connectivity index (χ2v) is 4.02. The van der Waals surface area contributed by atoms with Crippen molar-refractivity contribution >= 4 is 11.5 Å². The van der Waals surface area contributed by atoms with E-state index in [4.69, 9.17) is 0 Å². The van der Waals surface area contributed by atoms with Crippen LogP contribution in [-0.2, 0) is 0 Å². The van der Waals surface area contributed by atoms with Crippen molar-refractivity contribution in [3.8, 4) is 0 Å². The molecular weight excluding hydrogens is 186 g/mol. The van der Waals surface area contributed by atoms with Crippen LogP contribution in [0.15, 0.2) is 18.3 Å². The maximum absolute atomic E-state index is 4.46. The van der Waals surface area contributed by atoms with Crippen LogP contribution in [0.5, 0.6) is 0 Å². The quantitative estimate of drug-likeness (QED) is 0.819. The first-order chi connectivity index (χ1) is 7.36. The highest BCUT2D eigenvalue weighted by Crippen LogP contribution is 2.33. The Kier molecular flexibility index (Phi) is 3.09. The molecule has 82 valence electrons. The Hall–Kier alpha value is -1.25. The van der Waals surface area contributed by atoms with Crippen LogP contribution in [0.2, 0.25) is 0 Å². The van der Waals surface area contributed by atoms with Crippen molar-refractivity contribution in [2.45, 2.75) is 39.3 Å². The highest BCUT2D eigenvalue weighted by Gasteiger charge is 2.27. The van der Waals surface area contributed by atoms with E-state index in [9.17, 15) is 0 Å². The number of hydrogen-bond donors (Lipinski definition) is 1. The van der Waals surface area contributed by atoms with Crippen molar-refractivity contribution in [3.05, 3.63) is 18.3 Å². The largest absolute Gasteiger partial charge is 0.362 e. The summed E-state index contributed by atoms with van der Waals surface area (Å²) in [5, 5.41) is 3.53. The molecular formula is C12H19N3. The molecule has 1 unspecified atom stereocenters. The lowest BCUT2D eigenvalue weighted by atomic mass is 10.2. The molecule has 0 spiro atoms. The van der Waals surface area contributed by atoms with Gasteiger partial charge in [0, 0.05) is 12.7 Å². The van der Waals surface area contributed by atoms with Crippen molar-refractivity contribution in [3.63, 3.8) is 0 Å². The molecule has 1 atom stereocenters. The van der Waals surface area contributed by atoms with E-state index < -0.39 is 0 Å². The minimum absolute atomic E-state index is 0.444. The van der Waals surface area contributed by atoms with Crippen LogP contribution in [0, 0.1) is 0 Å². The van der Waals surface area contributed by atoms with E-state index in [0.717, 1.165) is 18.8 Å². The Morgan fingerprint density at radius 3 is 3.00 bits per heavy atom. The Morgan fingerprint density at radius 1 is 1.40 bits per heavy atom. The van der Waals surface area contributed by atoms with Crippen LogP contribution in [-0.4, -0.2) is 17.7 Å². The number of aromatic nitrogens is 1. The molecule has 0 saturated heterocycles. The minimum Gasteiger partial charge on any atom is -0.362 e. The Labute approximate surface area is 91.5 Å². The van der Waals surface area contributed by atoms with E-state index >= 15 is 0 Å². The van der Waals surface area contributed by atoms with E-state index in [1.54, 1.807) is 0 Å². The van der Waals surface area contributed by atoms with Gasteiger partial charge in [-0.2, -0.15) is 0 Å². The Balaban J connectivity index is 2.21. The summed E-state index contributed by atoms with van der Waals surface area (Å²) in [7, 11) is 0. The zero-order chi connectivity index (χ0) is 10.7. The molecule has 1 aromatic heterocycles. The fraction of sp³-hybridized carbons (Fsp3) is 0.583. The van der Waals surface area contributed by atoms with E-state index in [2.05, 4.69) is 35.1 Å². The molecule has 15 heavy (non-hydrogen) atoms. The molecule has 1 N–H and O–H groups in total. The van der Waals surface area contributed by atoms with Gasteiger partial charge < -0.3 is 10.2 Å². The van der Waals surface area contributed by atoms with Crippen LogP contribution in [0.25, 0.3) is 0 Å². The summed E-state index contributed by atoms with van der Waals surface area (Å²) >= 11 is 0. The summed E-state index contributed by atoms with van der Waals surface area (Å²) in [6, 6.07) is 4.10. The monoisotopic (exact) mass is 205 g/mol. The molecule has 2 rings (SSSR count). The summed E-state index contributed by atoms with van der Waals surface area (Å²) < 4.78 is 0. The predicted octanol–water partition coefficient (Wildman–Crippen LogP) is 2.85. The van der Waals surface area contributed by atoms with Gasteiger partial charge in [0.1, 0.15) is 6.17 Å². The van der Waals surface area contributed by atoms with Gasteiger partial charge in [-0.05, 0) is 25.0 Å². The van der Waals surface area contributed by atoms with Gasteiger partial charge in [0.15, 0.2) is 5.82 Å². The molecule has 0 fully saturated rings. The maximum atomic E-state index is 4.46. The van der Waals surface area contributed by atoms with Gasteiger partial charge in [0.05, 0.1) is 5.69 Å². The first kappa shape index (κ1) is 10.3. The van der Waals surface area contributed by atoms with Gasteiger partial charge in [0.2, 0.25) is 0 Å². The van der Waals surface area contributed by atoms with Gasteiger partial charge in [-0.3, -0.25) is 0 Å². The van der Waals surface area contributed by atoms with Crippen LogP contribution < -0.4 is 10.2 Å². The predicted molar refractivity (Wildman–Crippen MR) is 64.2 cm³/mol. The molecule has 1 aliphatic rings. The average Bonchev–Trinajstić information content (AvgIpc) is 2.59. The molecule has 1 aliphatic heterocycles. The van der Waals surface area contributed by atoms with Gasteiger partial charge in [-0.1, -0.05) is 20.3 Å². The summed E-state index contributed by atoms with van der Waals surface area (Å²) in [4.78, 5) is 6.84. The Bertz CT molecular complexity index is 324. The molecule has 3 heteroatoms. The number of pyridine rings is 1. The summed E-state index contributed by atoms with van der Waals surface area (Å²) in [6.45, 7) is 5.52. The third kappa shape index (κ3) is 1.91. The van der Waals surface area contributed by atoms with Crippen LogP contribution >= 0.6 is 0 Å². The molecule has 0 saturated carbocycles. The van der Waals surface area contributed by atoms with Crippen molar-refractivity contribution < 1.29 is 0 Å². The van der Waals surface area contributed by atoms with Crippen molar-refractivity contribution in [2.24, 2.45) is 0 Å². The molecule has 0 radical (unpaired) electrons. The topological polar surface area (TPSA) is 28.2 Å². The lowest BCUT2D eigenvalue weighted by molar-refractivity contribution is 0.603. The average molecular weight is 205 g/mol. The lowest BCUT2D eigenvalue weighted by Gasteiger charge is -2.25. The van der Waals surface area contributed by atoms with E-state index in [1.165, 1.54) is 18.5 Å². The summed E-state index contributed by atoms with van der Waals surface area (Å²) in [5.74, 6) is 1.12. The number of anilines is 2. The highest BCUT2D eigenvalue weighted by molar-refractivity contribution is 5.71. The van der Waals surface area contributed by atoms with E-state index in [0.29, 0.717) is 6.17 Å². The Morgan fingerprint density at radius 2 is 2.27 bits per heavy atom. The molecule has 0 bridgehead atoms. The second kappa shape index (κ2) is 4.51. The fourth-order valence-electron chi connectivity index (χ4n) is 2.15. The summed E-state index contributed by atoms with van der Waals surface area (Å²) in [5.41, 5.74) is 1.18. The van der Waals surface area contributed by atoms with Gasteiger partial charge in [0.25, 0.3) is 0 Å². The lowest BCUT2D eigenvalue weighted by Crippen LogP contribution is -2.36. The van der Waals surface area contributed by atoms with E-state index in [1.807, 2.05) is 12.3 Å². The number of nitrogens with one attached hydrogen (secondary N) is 1. The normalized spacial score (nSPS) is 18.8. The SMILES string of the molecule is CCCC1Nc2cccnc2N1CCC. The minimum atomic E-state index is 0.444. The summed E-state index contributed by atoms with van der Waals surface area (Å²) in [6.07, 6.45) is 5.86. The smallest absolute Gasteiger partial charge is 0.153 e. The first-order valence-electron chi connectivity index (χ1n) is 5.85. The maximum Gasteiger partial charge on any atom is 0.153 e. The first-order valence-corrected chi connectivity index (χ1v) is 5.85. The van der Waals surface area contributed by atoms with Gasteiger partial charge in [-0.15, -0.1) is 0 Å². The number of hydrogen-bond acceptors (Lipinski definition) is 3. The molecule has 0 aromatic carbocycles. The highest BCUT2D eigenvalue weighted by atomic mass is 15.4. The number of fused-ring (bicyclic) bond motifs is 1. The van der Waals surface area contributed by atoms with Crippen molar-refractivity contribution in [2.75, 3.05) is 16.8 Å². The number of rotatable bonds is 4. The molecule has 1 aromatic rings. The van der Waals surface area contributed by atoms with Crippen molar-refractivity contribution in [1.29, 1.82) is 0 Å². The van der Waals surface area contributed by atoms with Crippen LogP contribution in [0.3, 0.4) is 0 Å².